The maximum Gasteiger partial charge on any atom is 0.337 e. The number of aliphatic hydroxyl groups excluding tert-OH is 5. The first-order valence-electron chi connectivity index (χ1n) is 13.7. The Labute approximate surface area is 241 Å². The van der Waals surface area contributed by atoms with Gasteiger partial charge in [0.1, 0.15) is 24.4 Å². The zero-order chi connectivity index (χ0) is 30.1. The van der Waals surface area contributed by atoms with E-state index in [-0.39, 0.29) is 24.7 Å². The second kappa shape index (κ2) is 12.8. The van der Waals surface area contributed by atoms with E-state index >= 15 is 0 Å². The summed E-state index contributed by atoms with van der Waals surface area (Å²) >= 11 is 0. The molecule has 0 unspecified atom stereocenters. The molecule has 5 rings (SSSR count). The van der Waals surface area contributed by atoms with E-state index in [0.29, 0.717) is 29.6 Å². The highest BCUT2D eigenvalue weighted by Gasteiger charge is 2.51. The number of esters is 2. The van der Waals surface area contributed by atoms with Crippen LogP contribution in [0, 0.1) is 23.7 Å². The summed E-state index contributed by atoms with van der Waals surface area (Å²) < 4.78 is 39.0. The molecule has 232 valence electrons. The first-order valence-corrected chi connectivity index (χ1v) is 13.7. The van der Waals surface area contributed by atoms with Gasteiger partial charge < -0.3 is 58.7 Å². The molecule has 5 aliphatic rings. The lowest BCUT2D eigenvalue weighted by molar-refractivity contribution is -0.339. The first kappa shape index (κ1) is 30.6. The van der Waals surface area contributed by atoms with Crippen LogP contribution in [0.1, 0.15) is 12.8 Å². The molecular weight excluding hydrogens is 560 g/mol. The molecule has 0 aromatic carbocycles. The largest absolute Gasteiger partial charge is 0.471 e. The monoisotopic (exact) mass is 596 g/mol. The van der Waals surface area contributed by atoms with E-state index in [1.54, 1.807) is 0 Å². The number of carbonyl (C=O) groups excluding carboxylic acids is 2. The molecule has 3 heterocycles. The van der Waals surface area contributed by atoms with Crippen LogP contribution in [-0.4, -0.2) is 115 Å². The van der Waals surface area contributed by atoms with E-state index in [2.05, 4.69) is 0 Å². The van der Waals surface area contributed by atoms with E-state index in [1.807, 2.05) is 12.2 Å². The van der Waals surface area contributed by atoms with Gasteiger partial charge in [0.15, 0.2) is 6.29 Å². The minimum Gasteiger partial charge on any atom is -0.471 e. The molecule has 0 aromatic heterocycles. The number of carbonyl (C=O) groups is 2. The Kier molecular flexibility index (Phi) is 9.34. The van der Waals surface area contributed by atoms with E-state index in [9.17, 15) is 35.1 Å². The van der Waals surface area contributed by atoms with Gasteiger partial charge >= 0.3 is 11.9 Å². The van der Waals surface area contributed by atoms with Gasteiger partial charge in [0.2, 0.25) is 12.6 Å². The van der Waals surface area contributed by atoms with Crippen LogP contribution in [0.2, 0.25) is 0 Å². The third kappa shape index (κ3) is 5.49. The summed E-state index contributed by atoms with van der Waals surface area (Å²) in [4.78, 5) is 24.8. The molecular formula is C28H36O14. The van der Waals surface area contributed by atoms with Gasteiger partial charge in [-0.3, -0.25) is 0 Å². The molecule has 14 nitrogen and oxygen atoms in total. The van der Waals surface area contributed by atoms with E-state index in [0.717, 1.165) is 0 Å². The lowest BCUT2D eigenvalue weighted by atomic mass is 9.83. The smallest absolute Gasteiger partial charge is 0.337 e. The molecule has 0 bridgehead atoms. The van der Waals surface area contributed by atoms with Crippen LogP contribution >= 0.6 is 0 Å². The molecule has 42 heavy (non-hydrogen) atoms. The van der Waals surface area contributed by atoms with Crippen molar-refractivity contribution in [3.8, 4) is 0 Å². The quantitative estimate of drug-likeness (QED) is 0.156. The van der Waals surface area contributed by atoms with E-state index in [1.165, 1.54) is 26.7 Å². The molecule has 0 spiro atoms. The molecule has 0 radical (unpaired) electrons. The second-order valence-corrected chi connectivity index (χ2v) is 10.7. The minimum absolute atomic E-state index is 0.00150. The maximum absolute atomic E-state index is 12.5. The number of ether oxygens (including phenoxy) is 7. The molecule has 0 amide bonds. The molecule has 0 saturated carbocycles. The van der Waals surface area contributed by atoms with Crippen molar-refractivity contribution in [3.05, 3.63) is 47.0 Å². The third-order valence-electron chi connectivity index (χ3n) is 8.59. The van der Waals surface area contributed by atoms with Crippen LogP contribution in [0.25, 0.3) is 0 Å². The van der Waals surface area contributed by atoms with Crippen LogP contribution in [0.5, 0.6) is 0 Å². The molecule has 5 N–H and O–H groups in total. The highest BCUT2D eigenvalue weighted by atomic mass is 16.8. The maximum atomic E-state index is 12.5. The Balaban J connectivity index is 1.34. The fourth-order valence-electron chi connectivity index (χ4n) is 6.34. The number of hydrogen-bond acceptors (Lipinski definition) is 14. The SMILES string of the molecule is COC(=O)C1=CO[C@@H](OCC2=CC[C@@H]3C(C(=O)OC)=CO[C@@H](O[C@@H]4O[C@H](CO)[C@@H](O)[C@H](O)[C@H]4O)[C@H]23)[C@@H]2C(CO)=CC[C@H]12. The summed E-state index contributed by atoms with van der Waals surface area (Å²) in [5.41, 5.74) is 1.98. The zero-order valence-electron chi connectivity index (χ0n) is 23.1. The van der Waals surface area contributed by atoms with Crippen molar-refractivity contribution in [2.24, 2.45) is 23.7 Å². The van der Waals surface area contributed by atoms with Gasteiger partial charge in [0, 0.05) is 11.8 Å². The Hall–Kier alpha value is -2.82. The predicted molar refractivity (Wildman–Crippen MR) is 137 cm³/mol. The lowest BCUT2D eigenvalue weighted by Gasteiger charge is -2.43. The summed E-state index contributed by atoms with van der Waals surface area (Å²) in [5, 5.41) is 50.3. The molecule has 1 saturated heterocycles. The van der Waals surface area contributed by atoms with Gasteiger partial charge in [-0.25, -0.2) is 9.59 Å². The van der Waals surface area contributed by atoms with Gasteiger partial charge in [-0.1, -0.05) is 12.2 Å². The van der Waals surface area contributed by atoms with Crippen molar-refractivity contribution in [1.29, 1.82) is 0 Å². The number of fused-ring (bicyclic) bond motifs is 2. The van der Waals surface area contributed by atoms with E-state index < -0.39 is 79.6 Å². The average Bonchev–Trinajstić information content (AvgIpc) is 3.64. The van der Waals surface area contributed by atoms with Crippen molar-refractivity contribution in [2.75, 3.05) is 34.0 Å². The number of allylic oxidation sites excluding steroid dienone is 2. The van der Waals surface area contributed by atoms with Gasteiger partial charge in [0.05, 0.1) is 69.5 Å². The van der Waals surface area contributed by atoms with Crippen molar-refractivity contribution in [3.63, 3.8) is 0 Å². The Morgan fingerprint density at radius 3 is 1.95 bits per heavy atom. The number of methoxy groups -OCH3 is 2. The van der Waals surface area contributed by atoms with Gasteiger partial charge in [-0.15, -0.1) is 0 Å². The summed E-state index contributed by atoms with van der Waals surface area (Å²) in [6.07, 6.45) is -2.28. The van der Waals surface area contributed by atoms with Crippen molar-refractivity contribution >= 4 is 11.9 Å². The fraction of sp³-hybridized carbons (Fsp3) is 0.643. The lowest BCUT2D eigenvalue weighted by Crippen LogP contribution is -2.60. The highest BCUT2D eigenvalue weighted by Crippen LogP contribution is 2.47. The van der Waals surface area contributed by atoms with Gasteiger partial charge in [-0.2, -0.15) is 0 Å². The van der Waals surface area contributed by atoms with Crippen LogP contribution in [0.4, 0.5) is 0 Å². The summed E-state index contributed by atoms with van der Waals surface area (Å²) in [7, 11) is 2.53. The van der Waals surface area contributed by atoms with Crippen LogP contribution in [-0.2, 0) is 42.7 Å². The summed E-state index contributed by atoms with van der Waals surface area (Å²) in [5.74, 6) is -2.89. The summed E-state index contributed by atoms with van der Waals surface area (Å²) in [6, 6.07) is 0. The number of rotatable bonds is 9. The van der Waals surface area contributed by atoms with Gasteiger partial charge in [0.25, 0.3) is 0 Å². The van der Waals surface area contributed by atoms with Crippen LogP contribution in [0.15, 0.2) is 47.0 Å². The second-order valence-electron chi connectivity index (χ2n) is 10.7. The summed E-state index contributed by atoms with van der Waals surface area (Å²) in [6.45, 7) is -0.863. The molecule has 0 aromatic rings. The van der Waals surface area contributed by atoms with Crippen LogP contribution < -0.4 is 0 Å². The molecule has 1 fully saturated rings. The molecule has 3 aliphatic heterocycles. The number of hydrogen-bond donors (Lipinski definition) is 5. The van der Waals surface area contributed by atoms with E-state index in [4.69, 9.17) is 33.2 Å². The standard InChI is InChI=1S/C28H36O14/c1-36-24(34)16-10-39-26(19-12(7-29)3-5-14(16)19)38-9-13-4-6-15-17(25(35)37-2)11-40-27(20(13)15)42-28-23(33)22(32)21(31)18(8-30)41-28/h3-4,10-11,14-15,18-23,26-33H,5-9H2,1-2H3/t14-,15-,18-,19-,20-,21-,22+,23-,26-,27+,28+/m1/s1. The van der Waals surface area contributed by atoms with Crippen molar-refractivity contribution < 1.29 is 68.3 Å². The predicted octanol–water partition coefficient (Wildman–Crippen LogP) is -1.24. The average molecular weight is 597 g/mol. The van der Waals surface area contributed by atoms with Gasteiger partial charge in [-0.05, 0) is 24.0 Å². The normalized spacial score (nSPS) is 39.0. The third-order valence-corrected chi connectivity index (χ3v) is 8.59. The topological polar surface area (TPSA) is 200 Å². The molecule has 11 atom stereocenters. The molecule has 2 aliphatic carbocycles. The van der Waals surface area contributed by atoms with Crippen molar-refractivity contribution in [2.45, 2.75) is 56.1 Å². The van der Waals surface area contributed by atoms with Crippen LogP contribution in [0.3, 0.4) is 0 Å². The Morgan fingerprint density at radius 1 is 0.810 bits per heavy atom. The highest BCUT2D eigenvalue weighted by molar-refractivity contribution is 5.89. The Bertz CT molecular complexity index is 1160. The Morgan fingerprint density at radius 2 is 1.38 bits per heavy atom. The zero-order valence-corrected chi connectivity index (χ0v) is 23.1. The molecule has 14 heteroatoms. The number of aliphatic hydroxyl groups is 5. The minimum atomic E-state index is -1.66. The van der Waals surface area contributed by atoms with Crippen molar-refractivity contribution in [1.82, 2.24) is 0 Å². The fourth-order valence-corrected chi connectivity index (χ4v) is 6.34. The first-order chi connectivity index (χ1) is 20.2.